The van der Waals surface area contributed by atoms with Gasteiger partial charge in [0.25, 0.3) is 0 Å². The van der Waals surface area contributed by atoms with Gasteiger partial charge in [-0.25, -0.2) is 8.42 Å². The zero-order valence-electron chi connectivity index (χ0n) is 13.6. The normalized spacial score (nSPS) is 24.5. The molecule has 1 atom stereocenters. The first-order chi connectivity index (χ1) is 9.38. The zero-order chi connectivity index (χ0) is 15.2. The highest BCUT2D eigenvalue weighted by Gasteiger charge is 2.33. The SMILES string of the molecule is CCCS(=O)(=O)CCN1CC(CC)(CC)NCCC1C. The minimum atomic E-state index is -2.88. The van der Waals surface area contributed by atoms with E-state index in [0.29, 0.717) is 30.5 Å². The molecule has 1 saturated heterocycles. The molecule has 0 aliphatic carbocycles. The van der Waals surface area contributed by atoms with Gasteiger partial charge in [-0.05, 0) is 39.2 Å². The van der Waals surface area contributed by atoms with Crippen LogP contribution in [0.5, 0.6) is 0 Å². The Labute approximate surface area is 125 Å². The Morgan fingerprint density at radius 2 is 1.85 bits per heavy atom. The lowest BCUT2D eigenvalue weighted by molar-refractivity contribution is 0.168. The summed E-state index contributed by atoms with van der Waals surface area (Å²) in [5.41, 5.74) is 0.152. The van der Waals surface area contributed by atoms with Crippen molar-refractivity contribution in [1.82, 2.24) is 10.2 Å². The molecule has 0 amide bonds. The van der Waals surface area contributed by atoms with E-state index in [4.69, 9.17) is 0 Å². The Morgan fingerprint density at radius 3 is 2.40 bits per heavy atom. The minimum absolute atomic E-state index is 0.152. The fourth-order valence-electron chi connectivity index (χ4n) is 3.02. The second-order valence-electron chi connectivity index (χ2n) is 6.17. The van der Waals surface area contributed by atoms with Crippen molar-refractivity contribution in [2.45, 2.75) is 65.0 Å². The highest BCUT2D eigenvalue weighted by Crippen LogP contribution is 2.22. The van der Waals surface area contributed by atoms with E-state index in [1.165, 1.54) is 0 Å². The minimum Gasteiger partial charge on any atom is -0.310 e. The smallest absolute Gasteiger partial charge is 0.151 e. The van der Waals surface area contributed by atoms with E-state index in [1.54, 1.807) is 0 Å². The topological polar surface area (TPSA) is 49.4 Å². The second kappa shape index (κ2) is 7.76. The molecule has 1 aliphatic rings. The van der Waals surface area contributed by atoms with Crippen LogP contribution in [0.1, 0.15) is 53.4 Å². The van der Waals surface area contributed by atoms with Gasteiger partial charge in [0.1, 0.15) is 0 Å². The molecular weight excluding hydrogens is 272 g/mol. The maximum atomic E-state index is 11.9. The summed E-state index contributed by atoms with van der Waals surface area (Å²) in [4.78, 5) is 2.38. The number of hydrogen-bond donors (Lipinski definition) is 1. The molecule has 1 N–H and O–H groups in total. The molecule has 0 spiro atoms. The average molecular weight is 305 g/mol. The predicted molar refractivity (Wildman–Crippen MR) is 85.9 cm³/mol. The van der Waals surface area contributed by atoms with E-state index in [0.717, 1.165) is 32.4 Å². The predicted octanol–water partition coefficient (Wildman–Crippen LogP) is 2.05. The third kappa shape index (κ3) is 5.01. The molecule has 1 fully saturated rings. The lowest BCUT2D eigenvalue weighted by atomic mass is 9.92. The Hall–Kier alpha value is -0.130. The zero-order valence-corrected chi connectivity index (χ0v) is 14.4. The van der Waals surface area contributed by atoms with E-state index in [-0.39, 0.29) is 5.54 Å². The first kappa shape index (κ1) is 17.9. The van der Waals surface area contributed by atoms with Crippen LogP contribution in [0.2, 0.25) is 0 Å². The van der Waals surface area contributed by atoms with E-state index >= 15 is 0 Å². The molecule has 1 heterocycles. The van der Waals surface area contributed by atoms with Crippen LogP contribution in [-0.2, 0) is 9.84 Å². The quantitative estimate of drug-likeness (QED) is 0.782. The van der Waals surface area contributed by atoms with E-state index in [2.05, 4.69) is 31.0 Å². The van der Waals surface area contributed by atoms with E-state index in [9.17, 15) is 8.42 Å². The largest absolute Gasteiger partial charge is 0.310 e. The molecule has 0 aromatic heterocycles. The lowest BCUT2D eigenvalue weighted by Gasteiger charge is -2.37. The van der Waals surface area contributed by atoms with Crippen molar-refractivity contribution in [2.75, 3.05) is 31.1 Å². The molecule has 120 valence electrons. The number of rotatable bonds is 7. The lowest BCUT2D eigenvalue weighted by Crippen LogP contribution is -2.52. The van der Waals surface area contributed by atoms with Crippen LogP contribution < -0.4 is 5.32 Å². The summed E-state index contributed by atoms with van der Waals surface area (Å²) in [6, 6.07) is 0.458. The van der Waals surface area contributed by atoms with Crippen LogP contribution >= 0.6 is 0 Å². The molecule has 0 bridgehead atoms. The van der Waals surface area contributed by atoms with Crippen molar-refractivity contribution in [2.24, 2.45) is 0 Å². The number of nitrogens with one attached hydrogen (secondary N) is 1. The summed E-state index contributed by atoms with van der Waals surface area (Å²) in [6.07, 6.45) is 3.99. The fraction of sp³-hybridized carbons (Fsp3) is 1.00. The van der Waals surface area contributed by atoms with Crippen LogP contribution in [-0.4, -0.2) is 56.0 Å². The van der Waals surface area contributed by atoms with Crippen LogP contribution in [0.15, 0.2) is 0 Å². The Balaban J connectivity index is 2.70. The van der Waals surface area contributed by atoms with Crippen LogP contribution in [0.4, 0.5) is 0 Å². The molecule has 1 unspecified atom stereocenters. The maximum absolute atomic E-state index is 11.9. The van der Waals surface area contributed by atoms with Gasteiger partial charge >= 0.3 is 0 Å². The van der Waals surface area contributed by atoms with Gasteiger partial charge in [-0.2, -0.15) is 0 Å². The Bertz CT molecular complexity index is 377. The van der Waals surface area contributed by atoms with E-state index < -0.39 is 9.84 Å². The van der Waals surface area contributed by atoms with Crippen molar-refractivity contribution in [1.29, 1.82) is 0 Å². The molecule has 0 aromatic carbocycles. The second-order valence-corrected chi connectivity index (χ2v) is 8.48. The van der Waals surface area contributed by atoms with E-state index in [1.807, 2.05) is 6.92 Å². The standard InChI is InChI=1S/C15H32N2O2S/c1-5-11-20(18,19)12-10-17-13-15(6-2,7-3)16-9-8-14(17)4/h14,16H,5-13H2,1-4H3. The van der Waals surface area contributed by atoms with Gasteiger partial charge in [0.2, 0.25) is 0 Å². The fourth-order valence-corrected chi connectivity index (χ4v) is 4.36. The number of sulfone groups is 1. The van der Waals surface area contributed by atoms with Crippen molar-refractivity contribution < 1.29 is 8.42 Å². The third-order valence-electron chi connectivity index (χ3n) is 4.75. The summed E-state index contributed by atoms with van der Waals surface area (Å²) in [7, 11) is -2.88. The monoisotopic (exact) mass is 304 g/mol. The van der Waals surface area contributed by atoms with Gasteiger partial charge in [-0.15, -0.1) is 0 Å². The molecule has 0 saturated carbocycles. The molecule has 1 aliphatic heterocycles. The van der Waals surface area contributed by atoms with Crippen molar-refractivity contribution in [3.8, 4) is 0 Å². The van der Waals surface area contributed by atoms with Gasteiger partial charge in [0, 0.05) is 30.4 Å². The first-order valence-corrected chi connectivity index (χ1v) is 9.89. The number of hydrogen-bond acceptors (Lipinski definition) is 4. The van der Waals surface area contributed by atoms with Gasteiger partial charge < -0.3 is 5.32 Å². The van der Waals surface area contributed by atoms with Gasteiger partial charge in [0.05, 0.1) is 5.75 Å². The summed E-state index contributed by atoms with van der Waals surface area (Å²) in [6.45, 7) is 11.2. The molecule has 5 heteroatoms. The molecular formula is C15H32N2O2S. The summed E-state index contributed by atoms with van der Waals surface area (Å²) >= 11 is 0. The Morgan fingerprint density at radius 1 is 1.20 bits per heavy atom. The molecule has 1 rings (SSSR count). The maximum Gasteiger partial charge on any atom is 0.151 e. The third-order valence-corrected chi connectivity index (χ3v) is 6.58. The first-order valence-electron chi connectivity index (χ1n) is 8.07. The van der Waals surface area contributed by atoms with Crippen LogP contribution in [0, 0.1) is 0 Å². The summed E-state index contributed by atoms with van der Waals surface area (Å²) in [5, 5.41) is 3.69. The average Bonchev–Trinajstić information content (AvgIpc) is 2.56. The molecule has 4 nitrogen and oxygen atoms in total. The Kier molecular flexibility index (Phi) is 6.95. The molecule has 20 heavy (non-hydrogen) atoms. The van der Waals surface area contributed by atoms with Crippen LogP contribution in [0.3, 0.4) is 0 Å². The highest BCUT2D eigenvalue weighted by atomic mass is 32.2. The van der Waals surface area contributed by atoms with Gasteiger partial charge in [-0.3, -0.25) is 4.90 Å². The molecule has 0 radical (unpaired) electrons. The highest BCUT2D eigenvalue weighted by molar-refractivity contribution is 7.91. The van der Waals surface area contributed by atoms with Crippen molar-refractivity contribution in [3.05, 3.63) is 0 Å². The summed E-state index contributed by atoms with van der Waals surface area (Å²) in [5.74, 6) is 0.620. The van der Waals surface area contributed by atoms with Gasteiger partial charge in [0.15, 0.2) is 9.84 Å². The molecule has 0 aromatic rings. The van der Waals surface area contributed by atoms with Gasteiger partial charge in [-0.1, -0.05) is 20.8 Å². The summed E-state index contributed by atoms with van der Waals surface area (Å²) < 4.78 is 23.8. The van der Waals surface area contributed by atoms with Crippen molar-refractivity contribution in [3.63, 3.8) is 0 Å². The van der Waals surface area contributed by atoms with Crippen LogP contribution in [0.25, 0.3) is 0 Å². The van der Waals surface area contributed by atoms with Crippen molar-refractivity contribution >= 4 is 9.84 Å². The number of nitrogens with zero attached hydrogens (tertiary/aromatic N) is 1.